The van der Waals surface area contributed by atoms with Gasteiger partial charge in [-0.25, -0.2) is 4.79 Å². The van der Waals surface area contributed by atoms with E-state index in [-0.39, 0.29) is 23.6 Å². The number of anilines is 1. The summed E-state index contributed by atoms with van der Waals surface area (Å²) in [7, 11) is 0. The number of hydrogen-bond donors (Lipinski definition) is 3. The van der Waals surface area contributed by atoms with Crippen LogP contribution in [0.3, 0.4) is 0 Å². The van der Waals surface area contributed by atoms with Crippen LogP contribution < -0.4 is 10.6 Å². The molecule has 0 aliphatic carbocycles. The van der Waals surface area contributed by atoms with Gasteiger partial charge in [0.05, 0.1) is 23.5 Å². The molecule has 0 radical (unpaired) electrons. The monoisotopic (exact) mass is 282 g/mol. The Balaban J connectivity index is 2.38. The SMILES string of the molecule is CC(C)C(O)CCNC(=O)Nc1cnn(C(C)(C)C)c1. The molecule has 6 heteroatoms. The molecular formula is C14H26N4O2. The Kier molecular flexibility index (Phi) is 5.56. The summed E-state index contributed by atoms with van der Waals surface area (Å²) in [5.74, 6) is 0.199. The molecule has 20 heavy (non-hydrogen) atoms. The topological polar surface area (TPSA) is 79.2 Å². The first kappa shape index (κ1) is 16.5. The molecule has 6 nitrogen and oxygen atoms in total. The van der Waals surface area contributed by atoms with Gasteiger partial charge in [0.1, 0.15) is 0 Å². The zero-order chi connectivity index (χ0) is 15.3. The Morgan fingerprint density at radius 2 is 2.10 bits per heavy atom. The van der Waals surface area contributed by atoms with Gasteiger partial charge in [-0.1, -0.05) is 13.8 Å². The van der Waals surface area contributed by atoms with E-state index in [1.807, 2.05) is 34.6 Å². The Hall–Kier alpha value is -1.56. The highest BCUT2D eigenvalue weighted by atomic mass is 16.3. The average Bonchev–Trinajstić information content (AvgIpc) is 2.76. The van der Waals surface area contributed by atoms with Crippen molar-refractivity contribution in [3.8, 4) is 0 Å². The van der Waals surface area contributed by atoms with E-state index >= 15 is 0 Å². The van der Waals surface area contributed by atoms with E-state index in [0.717, 1.165) is 0 Å². The van der Waals surface area contributed by atoms with Gasteiger partial charge in [0.2, 0.25) is 0 Å². The number of carbonyl (C=O) groups excluding carboxylic acids is 1. The third kappa shape index (κ3) is 5.21. The molecule has 0 saturated carbocycles. The molecule has 1 aromatic rings. The Bertz CT molecular complexity index is 435. The Morgan fingerprint density at radius 3 is 2.60 bits per heavy atom. The van der Waals surface area contributed by atoms with Crippen LogP contribution in [0.2, 0.25) is 0 Å². The summed E-state index contributed by atoms with van der Waals surface area (Å²) in [5.41, 5.74) is 0.541. The first-order chi connectivity index (χ1) is 9.20. The summed E-state index contributed by atoms with van der Waals surface area (Å²) >= 11 is 0. The third-order valence-electron chi connectivity index (χ3n) is 3.02. The summed E-state index contributed by atoms with van der Waals surface area (Å²) < 4.78 is 1.80. The van der Waals surface area contributed by atoms with Crippen LogP contribution >= 0.6 is 0 Å². The number of urea groups is 1. The van der Waals surface area contributed by atoms with E-state index in [9.17, 15) is 9.90 Å². The highest BCUT2D eigenvalue weighted by Crippen LogP contribution is 2.15. The largest absolute Gasteiger partial charge is 0.393 e. The minimum atomic E-state index is -0.390. The summed E-state index contributed by atoms with van der Waals surface area (Å²) in [6, 6.07) is -0.283. The van der Waals surface area contributed by atoms with Crippen molar-refractivity contribution in [2.75, 3.05) is 11.9 Å². The fourth-order valence-corrected chi connectivity index (χ4v) is 1.60. The van der Waals surface area contributed by atoms with Gasteiger partial charge in [0.25, 0.3) is 0 Å². The minimum Gasteiger partial charge on any atom is -0.393 e. The second kappa shape index (κ2) is 6.74. The highest BCUT2D eigenvalue weighted by molar-refractivity contribution is 5.88. The number of hydrogen-bond acceptors (Lipinski definition) is 3. The normalized spacial score (nSPS) is 13.3. The smallest absolute Gasteiger partial charge is 0.319 e. The lowest BCUT2D eigenvalue weighted by molar-refractivity contribution is 0.117. The van der Waals surface area contributed by atoms with Crippen LogP contribution in [0.25, 0.3) is 0 Å². The maximum Gasteiger partial charge on any atom is 0.319 e. The van der Waals surface area contributed by atoms with Gasteiger partial charge < -0.3 is 15.7 Å². The van der Waals surface area contributed by atoms with Crippen LogP contribution in [-0.4, -0.2) is 33.6 Å². The quantitative estimate of drug-likeness (QED) is 0.774. The zero-order valence-corrected chi connectivity index (χ0v) is 13.0. The van der Waals surface area contributed by atoms with Crippen molar-refractivity contribution in [2.24, 2.45) is 5.92 Å². The fraction of sp³-hybridized carbons (Fsp3) is 0.714. The van der Waals surface area contributed by atoms with Crippen LogP contribution in [0.5, 0.6) is 0 Å². The van der Waals surface area contributed by atoms with Crippen LogP contribution in [0.15, 0.2) is 12.4 Å². The molecular weight excluding hydrogens is 256 g/mol. The maximum atomic E-state index is 11.7. The first-order valence-corrected chi connectivity index (χ1v) is 6.98. The van der Waals surface area contributed by atoms with Gasteiger partial charge in [-0.2, -0.15) is 5.10 Å². The van der Waals surface area contributed by atoms with Gasteiger partial charge >= 0.3 is 6.03 Å². The second-order valence-corrected chi connectivity index (χ2v) is 6.33. The third-order valence-corrected chi connectivity index (χ3v) is 3.02. The van der Waals surface area contributed by atoms with E-state index in [1.54, 1.807) is 17.1 Å². The van der Waals surface area contributed by atoms with Crippen molar-refractivity contribution in [1.82, 2.24) is 15.1 Å². The molecule has 1 aromatic heterocycles. The molecule has 0 saturated heterocycles. The second-order valence-electron chi connectivity index (χ2n) is 6.33. The number of rotatable bonds is 5. The number of aliphatic hydroxyl groups is 1. The molecule has 1 atom stereocenters. The Labute approximate surface area is 120 Å². The molecule has 0 aliphatic rings. The van der Waals surface area contributed by atoms with Gasteiger partial charge in [0.15, 0.2) is 0 Å². The van der Waals surface area contributed by atoms with Crippen LogP contribution in [0.4, 0.5) is 10.5 Å². The van der Waals surface area contributed by atoms with E-state index in [0.29, 0.717) is 18.7 Å². The number of amides is 2. The molecule has 0 bridgehead atoms. The zero-order valence-electron chi connectivity index (χ0n) is 13.0. The van der Waals surface area contributed by atoms with Gasteiger partial charge in [-0.3, -0.25) is 4.68 Å². The molecule has 3 N–H and O–H groups in total. The van der Waals surface area contributed by atoms with Crippen LogP contribution in [0.1, 0.15) is 41.0 Å². The number of aliphatic hydroxyl groups excluding tert-OH is 1. The molecule has 2 amide bonds. The first-order valence-electron chi connectivity index (χ1n) is 6.98. The predicted octanol–water partition coefficient (Wildman–Crippen LogP) is 2.17. The standard InChI is InChI=1S/C14H26N4O2/c1-10(2)12(19)6-7-15-13(20)17-11-8-16-18(9-11)14(3,4)5/h8-10,12,19H,6-7H2,1-5H3,(H2,15,17,20). The lowest BCUT2D eigenvalue weighted by Gasteiger charge is -2.18. The number of nitrogens with zero attached hydrogens (tertiary/aromatic N) is 2. The number of nitrogens with one attached hydrogen (secondary N) is 2. The average molecular weight is 282 g/mol. The fourth-order valence-electron chi connectivity index (χ4n) is 1.60. The minimum absolute atomic E-state index is 0.113. The van der Waals surface area contributed by atoms with Crippen molar-refractivity contribution in [1.29, 1.82) is 0 Å². The van der Waals surface area contributed by atoms with E-state index in [2.05, 4.69) is 15.7 Å². The molecule has 1 rings (SSSR count). The van der Waals surface area contributed by atoms with Crippen molar-refractivity contribution in [3.63, 3.8) is 0 Å². The van der Waals surface area contributed by atoms with Gasteiger partial charge in [0, 0.05) is 12.7 Å². The van der Waals surface area contributed by atoms with Crippen molar-refractivity contribution >= 4 is 11.7 Å². The van der Waals surface area contributed by atoms with E-state index < -0.39 is 0 Å². The van der Waals surface area contributed by atoms with Crippen molar-refractivity contribution in [3.05, 3.63) is 12.4 Å². The molecule has 1 unspecified atom stereocenters. The van der Waals surface area contributed by atoms with Crippen LogP contribution in [-0.2, 0) is 5.54 Å². The summed E-state index contributed by atoms with van der Waals surface area (Å²) in [6.07, 6.45) is 3.57. The summed E-state index contributed by atoms with van der Waals surface area (Å²) in [5, 5.41) is 19.3. The van der Waals surface area contributed by atoms with Gasteiger partial charge in [-0.05, 0) is 33.1 Å². The molecule has 0 fully saturated rings. The predicted molar refractivity (Wildman–Crippen MR) is 79.7 cm³/mol. The van der Waals surface area contributed by atoms with E-state index in [1.165, 1.54) is 0 Å². The lowest BCUT2D eigenvalue weighted by Crippen LogP contribution is -2.32. The molecule has 114 valence electrons. The van der Waals surface area contributed by atoms with Crippen molar-refractivity contribution < 1.29 is 9.90 Å². The van der Waals surface area contributed by atoms with Crippen LogP contribution in [0, 0.1) is 5.92 Å². The highest BCUT2D eigenvalue weighted by Gasteiger charge is 2.15. The molecule has 0 spiro atoms. The molecule has 0 aliphatic heterocycles. The van der Waals surface area contributed by atoms with Gasteiger partial charge in [-0.15, -0.1) is 0 Å². The Morgan fingerprint density at radius 1 is 1.45 bits per heavy atom. The molecule has 0 aromatic carbocycles. The number of carbonyl (C=O) groups is 1. The maximum absolute atomic E-state index is 11.7. The summed E-state index contributed by atoms with van der Waals surface area (Å²) in [6.45, 7) is 10.5. The number of aromatic nitrogens is 2. The lowest BCUT2D eigenvalue weighted by atomic mass is 10.0. The molecule has 1 heterocycles. The summed E-state index contributed by atoms with van der Waals surface area (Å²) in [4.78, 5) is 11.7. The van der Waals surface area contributed by atoms with Crippen molar-refractivity contribution in [2.45, 2.75) is 52.7 Å². The van der Waals surface area contributed by atoms with E-state index in [4.69, 9.17) is 0 Å².